The quantitative estimate of drug-likeness (QED) is 0.140. The highest BCUT2D eigenvalue weighted by Crippen LogP contribution is 2.52. The van der Waals surface area contributed by atoms with Crippen molar-refractivity contribution in [2.75, 3.05) is 20.2 Å². The molecule has 0 saturated carbocycles. The lowest BCUT2D eigenvalue weighted by atomic mass is 9.72. The number of phenols is 2. The summed E-state index contributed by atoms with van der Waals surface area (Å²) in [6.07, 6.45) is -0.938. The second-order valence-corrected chi connectivity index (χ2v) is 12.3. The summed E-state index contributed by atoms with van der Waals surface area (Å²) in [6.45, 7) is 8.62. The molecule has 2 aliphatic carbocycles. The van der Waals surface area contributed by atoms with Gasteiger partial charge in [0.15, 0.2) is 17.9 Å². The number of nitrogens with zero attached hydrogens (tertiary/aromatic N) is 2. The van der Waals surface area contributed by atoms with Gasteiger partial charge in [0.1, 0.15) is 29.0 Å². The summed E-state index contributed by atoms with van der Waals surface area (Å²) in [5.74, 6) is -3.14. The van der Waals surface area contributed by atoms with Crippen molar-refractivity contribution in [3.05, 3.63) is 51.6 Å². The lowest BCUT2D eigenvalue weighted by Gasteiger charge is -2.42. The standard InChI is InChI=1S/C34H42N2O10.ClH/c1-6-11-36(12-7-2)16-35-21-13-24(45-17(3)29(21)38)46-23-15-34(43,18(4)37)14-20-26(23)33(42)28-27(31(20)40)30(39)19-9-8-10-22(44-5)25(19)32(28)41;/h8-10,16-17,21,23-24,29,38,40,42-43H,6-7,11-15H2,1-5H3;1H/t17?,21-,23+,24?,29?,34?;/m1./s1. The van der Waals surface area contributed by atoms with Gasteiger partial charge >= 0.3 is 0 Å². The number of aliphatic hydroxyl groups excluding tert-OH is 1. The van der Waals surface area contributed by atoms with Crippen LogP contribution in [0.5, 0.6) is 17.2 Å². The summed E-state index contributed by atoms with van der Waals surface area (Å²) in [6, 6.07) is 3.87. The molecular formula is C34H43ClN2O10. The fraction of sp³-hybridized carbons (Fsp3) is 0.529. The molecular weight excluding hydrogens is 632 g/mol. The first-order valence-corrected chi connectivity index (χ1v) is 15.7. The van der Waals surface area contributed by atoms with Crippen molar-refractivity contribution in [3.8, 4) is 17.2 Å². The molecule has 0 radical (unpaired) electrons. The molecule has 1 heterocycles. The second kappa shape index (κ2) is 14.3. The van der Waals surface area contributed by atoms with Crippen LogP contribution in [0.2, 0.25) is 0 Å². The van der Waals surface area contributed by atoms with Gasteiger partial charge in [0, 0.05) is 49.0 Å². The first kappa shape index (κ1) is 36.3. The van der Waals surface area contributed by atoms with Crippen molar-refractivity contribution in [2.24, 2.45) is 4.99 Å². The minimum Gasteiger partial charge on any atom is -0.507 e. The molecule has 2 aromatic carbocycles. The van der Waals surface area contributed by atoms with Crippen LogP contribution in [0.25, 0.3) is 0 Å². The van der Waals surface area contributed by atoms with Crippen LogP contribution in [-0.4, -0.2) is 99.4 Å². The van der Waals surface area contributed by atoms with E-state index in [1.807, 2.05) is 0 Å². The Bertz CT molecular complexity index is 1570. The number of rotatable bonds is 10. The van der Waals surface area contributed by atoms with Gasteiger partial charge in [-0.15, -0.1) is 12.4 Å². The first-order valence-electron chi connectivity index (χ1n) is 15.7. The number of carbonyl (C=O) groups is 3. The normalized spacial score (nSPS) is 26.7. The van der Waals surface area contributed by atoms with Crippen molar-refractivity contribution in [1.82, 2.24) is 4.90 Å². The molecule has 6 atom stereocenters. The van der Waals surface area contributed by atoms with E-state index in [4.69, 9.17) is 14.2 Å². The highest BCUT2D eigenvalue weighted by molar-refractivity contribution is 6.31. The Labute approximate surface area is 279 Å². The largest absolute Gasteiger partial charge is 0.507 e. The number of Topliss-reactive ketones (excluding diaryl/α,β-unsaturated/α-hetero) is 1. The fourth-order valence-corrected chi connectivity index (χ4v) is 6.73. The van der Waals surface area contributed by atoms with E-state index >= 15 is 0 Å². The van der Waals surface area contributed by atoms with Crippen LogP contribution in [0.15, 0.2) is 23.2 Å². The number of phenolic OH excluding ortho intramolecular Hbond substituents is 2. The number of carbonyl (C=O) groups excluding carboxylic acids is 3. The summed E-state index contributed by atoms with van der Waals surface area (Å²) in [7, 11) is 1.35. The number of methoxy groups -OCH3 is 1. The molecule has 1 saturated heterocycles. The molecule has 256 valence electrons. The molecule has 4 unspecified atom stereocenters. The third kappa shape index (κ3) is 6.49. The maximum Gasteiger partial charge on any atom is 0.202 e. The predicted octanol–water partition coefficient (Wildman–Crippen LogP) is 3.64. The number of hydrogen-bond donors (Lipinski definition) is 4. The van der Waals surface area contributed by atoms with Crippen molar-refractivity contribution < 1.29 is 49.0 Å². The van der Waals surface area contributed by atoms with Crippen LogP contribution >= 0.6 is 12.4 Å². The van der Waals surface area contributed by atoms with E-state index in [2.05, 4.69) is 23.7 Å². The lowest BCUT2D eigenvalue weighted by molar-refractivity contribution is -0.246. The molecule has 47 heavy (non-hydrogen) atoms. The zero-order chi connectivity index (χ0) is 33.5. The van der Waals surface area contributed by atoms with E-state index < -0.39 is 82.6 Å². The van der Waals surface area contributed by atoms with Crippen molar-refractivity contribution in [2.45, 2.75) is 96.0 Å². The zero-order valence-electron chi connectivity index (χ0n) is 27.2. The van der Waals surface area contributed by atoms with Gasteiger partial charge < -0.3 is 39.5 Å². The summed E-state index contributed by atoms with van der Waals surface area (Å²) in [5.41, 5.74) is -3.02. The van der Waals surface area contributed by atoms with Crippen LogP contribution in [-0.2, 0) is 20.7 Å². The number of aliphatic hydroxyl groups is 2. The van der Waals surface area contributed by atoms with Crippen molar-refractivity contribution in [1.29, 1.82) is 0 Å². The summed E-state index contributed by atoms with van der Waals surface area (Å²) < 4.78 is 17.6. The van der Waals surface area contributed by atoms with E-state index in [0.29, 0.717) is 0 Å². The Morgan fingerprint density at radius 1 is 1.11 bits per heavy atom. The van der Waals surface area contributed by atoms with E-state index in [1.54, 1.807) is 13.3 Å². The van der Waals surface area contributed by atoms with E-state index in [0.717, 1.165) is 25.9 Å². The molecule has 0 aromatic heterocycles. The number of hydrogen-bond acceptors (Lipinski definition) is 11. The van der Waals surface area contributed by atoms with E-state index in [9.17, 15) is 34.8 Å². The minimum absolute atomic E-state index is 0. The number of ether oxygens (including phenoxy) is 3. The number of fused-ring (bicyclic) bond motifs is 3. The fourth-order valence-electron chi connectivity index (χ4n) is 6.73. The number of halogens is 1. The van der Waals surface area contributed by atoms with E-state index in [-0.39, 0.29) is 53.3 Å². The number of aliphatic imine (C=N–C) groups is 1. The highest BCUT2D eigenvalue weighted by Gasteiger charge is 2.49. The number of aromatic hydroxyl groups is 2. The van der Waals surface area contributed by atoms with Crippen LogP contribution in [0.1, 0.15) is 102 Å². The van der Waals surface area contributed by atoms with Crippen LogP contribution in [0, 0.1) is 0 Å². The van der Waals surface area contributed by atoms with Crippen molar-refractivity contribution in [3.63, 3.8) is 0 Å². The van der Waals surface area contributed by atoms with Crippen LogP contribution in [0.3, 0.4) is 0 Å². The Balaban J connectivity index is 0.00000500. The molecule has 0 spiro atoms. The Morgan fingerprint density at radius 3 is 2.38 bits per heavy atom. The van der Waals surface area contributed by atoms with E-state index in [1.165, 1.54) is 32.2 Å². The third-order valence-corrected chi connectivity index (χ3v) is 9.17. The molecule has 0 bridgehead atoms. The SMILES string of the molecule is CCCN(C=N[C@@H]1CC(O[C@H]2CC(O)(C(C)=O)Cc3c(O)c4c(c(O)c32)C(=O)c2c(OC)cccc2C4=O)OC(C)C1O)CCC.Cl. The number of ketones is 3. The topological polar surface area (TPSA) is 175 Å². The maximum atomic E-state index is 13.8. The summed E-state index contributed by atoms with van der Waals surface area (Å²) in [4.78, 5) is 47.0. The van der Waals surface area contributed by atoms with Gasteiger partial charge in [-0.1, -0.05) is 26.0 Å². The highest BCUT2D eigenvalue weighted by atomic mass is 35.5. The minimum atomic E-state index is -2.02. The molecule has 12 nitrogen and oxygen atoms in total. The average molecular weight is 675 g/mol. The van der Waals surface area contributed by atoms with Gasteiger partial charge in [0.05, 0.1) is 48.4 Å². The zero-order valence-corrected chi connectivity index (χ0v) is 28.0. The Kier molecular flexibility index (Phi) is 11.0. The monoisotopic (exact) mass is 674 g/mol. The Morgan fingerprint density at radius 2 is 1.77 bits per heavy atom. The molecule has 0 amide bonds. The second-order valence-electron chi connectivity index (χ2n) is 12.3. The summed E-state index contributed by atoms with van der Waals surface area (Å²) in [5, 5.41) is 45.6. The molecule has 2 aromatic rings. The van der Waals surface area contributed by atoms with Gasteiger partial charge in [-0.05, 0) is 32.8 Å². The average Bonchev–Trinajstić information content (AvgIpc) is 3.01. The van der Waals surface area contributed by atoms with Gasteiger partial charge in [-0.3, -0.25) is 19.4 Å². The number of benzene rings is 2. The van der Waals surface area contributed by atoms with Crippen LogP contribution in [0.4, 0.5) is 0 Å². The molecule has 1 aliphatic heterocycles. The van der Waals surface area contributed by atoms with Gasteiger partial charge in [0.2, 0.25) is 5.78 Å². The molecule has 5 rings (SSSR count). The molecule has 3 aliphatic rings. The maximum absolute atomic E-state index is 13.8. The Hall–Kier alpha value is -3.55. The smallest absolute Gasteiger partial charge is 0.202 e. The third-order valence-electron chi connectivity index (χ3n) is 9.17. The van der Waals surface area contributed by atoms with Gasteiger partial charge in [-0.2, -0.15) is 0 Å². The predicted molar refractivity (Wildman–Crippen MR) is 174 cm³/mol. The van der Waals surface area contributed by atoms with Crippen molar-refractivity contribution >= 4 is 36.1 Å². The van der Waals surface area contributed by atoms with Gasteiger partial charge in [0.25, 0.3) is 0 Å². The lowest BCUT2D eigenvalue weighted by Crippen LogP contribution is -2.49. The first-order chi connectivity index (χ1) is 21.9. The molecule has 13 heteroatoms. The van der Waals surface area contributed by atoms with Crippen LogP contribution < -0.4 is 4.74 Å². The molecule has 1 fully saturated rings. The molecule has 4 N–H and O–H groups in total. The summed E-state index contributed by atoms with van der Waals surface area (Å²) >= 11 is 0. The van der Waals surface area contributed by atoms with Gasteiger partial charge in [-0.25, -0.2) is 0 Å².